The summed E-state index contributed by atoms with van der Waals surface area (Å²) in [6, 6.07) is 0. The average Bonchev–Trinajstić information content (AvgIpc) is 4.18. The highest BCUT2D eigenvalue weighted by Gasteiger charge is 2.54. The number of carbonyl (C=O) groups is 4. The lowest BCUT2D eigenvalue weighted by Crippen LogP contribution is -2.37. The van der Waals surface area contributed by atoms with Crippen LogP contribution in [0, 0.1) is 23.7 Å². The molecular weight excluding hydrogens is 749 g/mol. The normalized spacial score (nSPS) is 25.4. The summed E-state index contributed by atoms with van der Waals surface area (Å²) in [5.74, 6) is -2.87. The van der Waals surface area contributed by atoms with Gasteiger partial charge in [0.15, 0.2) is 0 Å². The van der Waals surface area contributed by atoms with Crippen molar-refractivity contribution in [2.75, 3.05) is 26.4 Å². The summed E-state index contributed by atoms with van der Waals surface area (Å²) in [6.45, 7) is 6.13. The predicted molar refractivity (Wildman–Crippen MR) is 230 cm³/mol. The van der Waals surface area contributed by atoms with Gasteiger partial charge in [0.1, 0.15) is 0 Å². The van der Waals surface area contributed by atoms with Crippen molar-refractivity contribution in [3.05, 3.63) is 0 Å². The quantitative estimate of drug-likeness (QED) is 0.0260. The number of hydrogen-bond acceptors (Lipinski definition) is 10. The van der Waals surface area contributed by atoms with Crippen LogP contribution in [0.2, 0.25) is 0 Å². The Morgan fingerprint density at radius 1 is 0.322 bits per heavy atom. The molecule has 2 saturated heterocycles. The van der Waals surface area contributed by atoms with E-state index in [1.807, 2.05) is 0 Å². The summed E-state index contributed by atoms with van der Waals surface area (Å²) in [5.41, 5.74) is 0. The zero-order valence-electron chi connectivity index (χ0n) is 37.5. The van der Waals surface area contributed by atoms with Crippen LogP contribution in [0.5, 0.6) is 0 Å². The lowest BCUT2D eigenvalue weighted by atomic mass is 9.79. The Bertz CT molecular complexity index is 1090. The number of hydrogen-bond donors (Lipinski definition) is 0. The van der Waals surface area contributed by atoms with E-state index in [1.165, 1.54) is 109 Å². The Balaban J connectivity index is 0.933. The standard InChI is InChI=1S/C49H84O10/c1-3-5-7-9-11-18-22-26-30-54-46(50)38-34-42-44(58-42)36-40(38)48(52)56-32-28-24-20-16-14-13-15-17-21-25-29-33-57-49(53)41-37-45-43(59-45)35-39(41)47(51)55-31-27-23-19-12-10-8-6-4-2/h38-45H,3-37H2,1-2H3. The SMILES string of the molecule is CCCCCCCCCCOC(=O)C1CC2OC2CC1C(=O)OCCCCCCCCCCCCCOC(=O)C1CC2OC2CC1C(=O)OCCCCCCCCCC. The van der Waals surface area contributed by atoms with Crippen LogP contribution in [0.1, 0.15) is 213 Å². The van der Waals surface area contributed by atoms with Gasteiger partial charge in [0.25, 0.3) is 0 Å². The van der Waals surface area contributed by atoms with Gasteiger partial charge in [0.05, 0.1) is 74.5 Å². The van der Waals surface area contributed by atoms with Gasteiger partial charge in [-0.15, -0.1) is 0 Å². The van der Waals surface area contributed by atoms with Crippen molar-refractivity contribution >= 4 is 23.9 Å². The molecule has 0 aromatic heterocycles. The van der Waals surface area contributed by atoms with Crippen molar-refractivity contribution in [3.63, 3.8) is 0 Å². The van der Waals surface area contributed by atoms with E-state index in [0.717, 1.165) is 64.2 Å². The maximum Gasteiger partial charge on any atom is 0.309 e. The lowest BCUT2D eigenvalue weighted by molar-refractivity contribution is -0.162. The molecule has 8 atom stereocenters. The number of fused-ring (bicyclic) bond motifs is 2. The van der Waals surface area contributed by atoms with Gasteiger partial charge in [-0.05, 0) is 51.4 Å². The summed E-state index contributed by atoms with van der Waals surface area (Å²) in [4.78, 5) is 51.9. The molecule has 10 heteroatoms. The van der Waals surface area contributed by atoms with Crippen molar-refractivity contribution in [1.29, 1.82) is 0 Å². The highest BCUT2D eigenvalue weighted by molar-refractivity contribution is 5.83. The Morgan fingerprint density at radius 2 is 0.508 bits per heavy atom. The zero-order chi connectivity index (χ0) is 41.9. The van der Waals surface area contributed by atoms with E-state index < -0.39 is 23.7 Å². The molecule has 59 heavy (non-hydrogen) atoms. The van der Waals surface area contributed by atoms with Crippen LogP contribution in [0.4, 0.5) is 0 Å². The van der Waals surface area contributed by atoms with E-state index in [0.29, 0.717) is 52.1 Å². The van der Waals surface area contributed by atoms with Crippen LogP contribution in [0.3, 0.4) is 0 Å². The van der Waals surface area contributed by atoms with Crippen molar-refractivity contribution in [1.82, 2.24) is 0 Å². The zero-order valence-corrected chi connectivity index (χ0v) is 37.5. The molecule has 0 radical (unpaired) electrons. The van der Waals surface area contributed by atoms with E-state index in [-0.39, 0.29) is 48.3 Å². The van der Waals surface area contributed by atoms with Crippen molar-refractivity contribution in [2.24, 2.45) is 23.7 Å². The van der Waals surface area contributed by atoms with Gasteiger partial charge in [0, 0.05) is 0 Å². The lowest BCUT2D eigenvalue weighted by Gasteiger charge is -2.26. The van der Waals surface area contributed by atoms with E-state index in [4.69, 9.17) is 28.4 Å². The molecule has 2 saturated carbocycles. The molecule has 340 valence electrons. The van der Waals surface area contributed by atoms with Crippen LogP contribution in [0.15, 0.2) is 0 Å². The van der Waals surface area contributed by atoms with E-state index in [2.05, 4.69) is 13.8 Å². The number of unbranched alkanes of at least 4 members (excludes halogenated alkanes) is 24. The average molecular weight is 833 g/mol. The number of carbonyl (C=O) groups excluding carboxylic acids is 4. The van der Waals surface area contributed by atoms with Gasteiger partial charge in [-0.3, -0.25) is 19.2 Å². The number of epoxide rings is 2. The highest BCUT2D eigenvalue weighted by Crippen LogP contribution is 2.45. The molecule has 2 aliphatic heterocycles. The van der Waals surface area contributed by atoms with E-state index >= 15 is 0 Å². The first-order valence-electron chi connectivity index (χ1n) is 24.9. The molecule has 0 N–H and O–H groups in total. The molecule has 0 spiro atoms. The fourth-order valence-corrected chi connectivity index (χ4v) is 9.27. The number of esters is 4. The molecule has 0 bridgehead atoms. The predicted octanol–water partition coefficient (Wildman–Crippen LogP) is 11.3. The monoisotopic (exact) mass is 833 g/mol. The van der Waals surface area contributed by atoms with Gasteiger partial charge < -0.3 is 28.4 Å². The van der Waals surface area contributed by atoms with Crippen molar-refractivity contribution in [2.45, 2.75) is 237 Å². The fourth-order valence-electron chi connectivity index (χ4n) is 9.27. The second-order valence-corrected chi connectivity index (χ2v) is 18.3. The first-order valence-corrected chi connectivity index (χ1v) is 24.9. The molecule has 4 fully saturated rings. The molecule has 4 aliphatic rings. The van der Waals surface area contributed by atoms with Crippen molar-refractivity contribution in [3.8, 4) is 0 Å². The number of ether oxygens (including phenoxy) is 6. The summed E-state index contributed by atoms with van der Waals surface area (Å²) < 4.78 is 34.0. The number of rotatable bonds is 36. The molecule has 10 nitrogen and oxygen atoms in total. The second-order valence-electron chi connectivity index (χ2n) is 18.3. The third-order valence-corrected chi connectivity index (χ3v) is 13.3. The summed E-state index contributed by atoms with van der Waals surface area (Å²) in [7, 11) is 0. The van der Waals surface area contributed by atoms with E-state index in [1.54, 1.807) is 0 Å². The van der Waals surface area contributed by atoms with Crippen LogP contribution >= 0.6 is 0 Å². The van der Waals surface area contributed by atoms with Crippen LogP contribution in [-0.4, -0.2) is 74.7 Å². The molecule has 8 unspecified atom stereocenters. The maximum absolute atomic E-state index is 13.0. The molecule has 0 aromatic rings. The molecule has 0 aromatic carbocycles. The largest absolute Gasteiger partial charge is 0.465 e. The van der Waals surface area contributed by atoms with Crippen LogP contribution in [-0.2, 0) is 47.6 Å². The molecule has 4 rings (SSSR count). The smallest absolute Gasteiger partial charge is 0.309 e. The second kappa shape index (κ2) is 29.9. The maximum atomic E-state index is 13.0. The Morgan fingerprint density at radius 3 is 0.712 bits per heavy atom. The Labute approximate surface area is 358 Å². The first-order chi connectivity index (χ1) is 28.9. The van der Waals surface area contributed by atoms with Gasteiger partial charge in [-0.1, -0.05) is 162 Å². The third-order valence-electron chi connectivity index (χ3n) is 13.3. The van der Waals surface area contributed by atoms with Gasteiger partial charge in [0.2, 0.25) is 0 Å². The Kier molecular flexibility index (Phi) is 25.1. The topological polar surface area (TPSA) is 130 Å². The van der Waals surface area contributed by atoms with Crippen molar-refractivity contribution < 1.29 is 47.6 Å². The van der Waals surface area contributed by atoms with Gasteiger partial charge in [-0.25, -0.2) is 0 Å². The third kappa shape index (κ3) is 20.0. The summed E-state index contributed by atoms with van der Waals surface area (Å²) in [6.07, 6.45) is 33.7. The molecule has 2 heterocycles. The molecular formula is C49H84O10. The summed E-state index contributed by atoms with van der Waals surface area (Å²) in [5, 5.41) is 0. The van der Waals surface area contributed by atoms with Gasteiger partial charge >= 0.3 is 23.9 Å². The minimum absolute atomic E-state index is 0.0870. The van der Waals surface area contributed by atoms with Gasteiger partial charge in [-0.2, -0.15) is 0 Å². The molecule has 0 amide bonds. The van der Waals surface area contributed by atoms with Crippen LogP contribution < -0.4 is 0 Å². The summed E-state index contributed by atoms with van der Waals surface area (Å²) >= 11 is 0. The fraction of sp³-hybridized carbons (Fsp3) is 0.918. The first kappa shape index (κ1) is 49.5. The van der Waals surface area contributed by atoms with E-state index in [9.17, 15) is 19.2 Å². The highest BCUT2D eigenvalue weighted by atomic mass is 16.6. The minimum atomic E-state index is -0.457. The Hall–Kier alpha value is -2.20. The molecule has 2 aliphatic carbocycles. The minimum Gasteiger partial charge on any atom is -0.465 e. The van der Waals surface area contributed by atoms with Crippen LogP contribution in [0.25, 0.3) is 0 Å².